The second-order valence-corrected chi connectivity index (χ2v) is 8.22. The summed E-state index contributed by atoms with van der Waals surface area (Å²) in [5.74, 6) is 0.0164. The molecular weight excluding hydrogens is 443 g/mol. The minimum atomic E-state index is -0.457. The summed E-state index contributed by atoms with van der Waals surface area (Å²) in [6, 6.07) is 15.2. The molecule has 6 nitrogen and oxygen atoms in total. The van der Waals surface area contributed by atoms with Gasteiger partial charge in [0.25, 0.3) is 5.91 Å². The van der Waals surface area contributed by atoms with Crippen LogP contribution in [0.25, 0.3) is 10.2 Å². The first kappa shape index (κ1) is 20.2. The maximum absolute atomic E-state index is 12.6. The molecule has 150 valence electrons. The number of halogens is 2. The number of nitriles is 1. The number of H-pyrrole nitrogens is 1. The maximum Gasteiger partial charge on any atom is 0.275 e. The van der Waals surface area contributed by atoms with E-state index in [9.17, 15) is 10.1 Å². The summed E-state index contributed by atoms with van der Waals surface area (Å²) < 4.78 is 6.65. The number of rotatable bonds is 5. The van der Waals surface area contributed by atoms with Crippen molar-refractivity contribution in [1.29, 1.82) is 5.26 Å². The summed E-state index contributed by atoms with van der Waals surface area (Å²) in [5.41, 5.74) is 2.77. The highest BCUT2D eigenvalue weighted by Crippen LogP contribution is 2.35. The van der Waals surface area contributed by atoms with Crippen molar-refractivity contribution in [2.75, 3.05) is 5.32 Å². The third-order valence-electron chi connectivity index (χ3n) is 4.33. The summed E-state index contributed by atoms with van der Waals surface area (Å²) in [7, 11) is 0. The number of carbonyl (C=O) groups is 1. The van der Waals surface area contributed by atoms with Gasteiger partial charge in [0.15, 0.2) is 5.13 Å². The molecule has 9 heteroatoms. The minimum Gasteiger partial charge on any atom is -0.487 e. The minimum absolute atomic E-state index is 0.159. The number of benzene rings is 2. The molecule has 30 heavy (non-hydrogen) atoms. The van der Waals surface area contributed by atoms with Gasteiger partial charge in [-0.3, -0.25) is 10.1 Å². The Morgan fingerprint density at radius 1 is 1.27 bits per heavy atom. The van der Waals surface area contributed by atoms with Crippen LogP contribution in [-0.4, -0.2) is 15.9 Å². The second-order valence-electron chi connectivity index (χ2n) is 6.43. The topological polar surface area (TPSA) is 90.8 Å². The summed E-state index contributed by atoms with van der Waals surface area (Å²) in [6.45, 7) is 2.06. The molecule has 0 fully saturated rings. The normalized spacial score (nSPS) is 10.7. The molecule has 0 aliphatic heterocycles. The Morgan fingerprint density at radius 2 is 2.03 bits per heavy atom. The maximum atomic E-state index is 12.6. The Hall–Kier alpha value is -3.05. The molecule has 4 aromatic rings. The Labute approximate surface area is 186 Å². The van der Waals surface area contributed by atoms with Crippen LogP contribution in [-0.2, 0) is 6.61 Å². The first-order valence-electron chi connectivity index (χ1n) is 8.82. The van der Waals surface area contributed by atoms with Gasteiger partial charge in [-0.1, -0.05) is 64.9 Å². The Morgan fingerprint density at radius 3 is 2.70 bits per heavy atom. The van der Waals surface area contributed by atoms with Crippen molar-refractivity contribution in [2.24, 2.45) is 0 Å². The Bertz CT molecular complexity index is 1290. The molecule has 0 radical (unpaired) electrons. The molecule has 0 saturated carbocycles. The van der Waals surface area contributed by atoms with Gasteiger partial charge in [-0.05, 0) is 18.6 Å². The molecule has 0 unspecified atom stereocenters. The molecule has 2 N–H and O–H groups in total. The number of aryl methyl sites for hydroxylation is 1. The monoisotopic (exact) mass is 456 g/mol. The zero-order valence-corrected chi connectivity index (χ0v) is 18.0. The molecular formula is C21H14Cl2N4O2S. The number of amides is 1. The van der Waals surface area contributed by atoms with Crippen LogP contribution in [0, 0.1) is 18.3 Å². The van der Waals surface area contributed by atoms with E-state index in [4.69, 9.17) is 27.9 Å². The molecule has 2 aromatic carbocycles. The Balaban J connectivity index is 1.63. The number of hydrogen-bond donors (Lipinski definition) is 2. The average Bonchev–Trinajstić information content (AvgIpc) is 3.27. The molecule has 0 aliphatic carbocycles. The van der Waals surface area contributed by atoms with Crippen LogP contribution in [0.2, 0.25) is 10.0 Å². The summed E-state index contributed by atoms with van der Waals surface area (Å²) in [4.78, 5) is 19.9. The van der Waals surface area contributed by atoms with Gasteiger partial charge < -0.3 is 9.72 Å². The van der Waals surface area contributed by atoms with E-state index in [2.05, 4.69) is 21.4 Å². The van der Waals surface area contributed by atoms with Crippen molar-refractivity contribution < 1.29 is 9.53 Å². The molecule has 0 atom stereocenters. The van der Waals surface area contributed by atoms with E-state index in [1.165, 1.54) is 11.3 Å². The fourth-order valence-corrected chi connectivity index (χ4v) is 4.18. The lowest BCUT2D eigenvalue weighted by atomic mass is 10.2. The summed E-state index contributed by atoms with van der Waals surface area (Å²) >= 11 is 13.4. The molecule has 0 saturated heterocycles. The largest absolute Gasteiger partial charge is 0.487 e. The fraction of sp³-hybridized carbons (Fsp3) is 0.0952. The lowest BCUT2D eigenvalue weighted by Crippen LogP contribution is -2.12. The summed E-state index contributed by atoms with van der Waals surface area (Å²) in [6.07, 6.45) is 0. The zero-order chi connectivity index (χ0) is 21.3. The molecule has 2 heterocycles. The fourth-order valence-electron chi connectivity index (χ4n) is 2.85. The predicted molar refractivity (Wildman–Crippen MR) is 119 cm³/mol. The van der Waals surface area contributed by atoms with Gasteiger partial charge in [-0.2, -0.15) is 5.26 Å². The number of hydrogen-bond acceptors (Lipinski definition) is 5. The Kier molecular flexibility index (Phi) is 5.64. The van der Waals surface area contributed by atoms with Gasteiger partial charge in [-0.15, -0.1) is 0 Å². The highest BCUT2D eigenvalue weighted by Gasteiger charge is 2.20. The van der Waals surface area contributed by atoms with E-state index in [1.54, 1.807) is 19.1 Å². The molecule has 1 amide bonds. The van der Waals surface area contributed by atoms with Crippen LogP contribution in [0.1, 0.15) is 27.3 Å². The highest BCUT2D eigenvalue weighted by atomic mass is 35.5. The van der Waals surface area contributed by atoms with Crippen LogP contribution in [0.5, 0.6) is 5.75 Å². The first-order chi connectivity index (χ1) is 14.5. The van der Waals surface area contributed by atoms with Crippen LogP contribution in [0.4, 0.5) is 5.13 Å². The first-order valence-corrected chi connectivity index (χ1v) is 10.4. The van der Waals surface area contributed by atoms with E-state index in [0.717, 1.165) is 10.3 Å². The average molecular weight is 457 g/mol. The smallest absolute Gasteiger partial charge is 0.275 e. The van der Waals surface area contributed by atoms with Gasteiger partial charge in [0, 0.05) is 11.8 Å². The second kappa shape index (κ2) is 8.36. The number of nitrogens with one attached hydrogen (secondary N) is 2. The lowest BCUT2D eigenvalue weighted by molar-refractivity contribution is 0.102. The SMILES string of the molecule is Cc1[nH]c(C(=O)Nc2nc3c(OCc4ccccc4)cc(C#N)cc3s2)c(Cl)c1Cl. The number of thiazole rings is 1. The molecule has 0 spiro atoms. The molecule has 4 rings (SSSR count). The number of carbonyl (C=O) groups excluding carboxylic acids is 1. The van der Waals surface area contributed by atoms with Crippen LogP contribution >= 0.6 is 34.5 Å². The van der Waals surface area contributed by atoms with Crippen LogP contribution < -0.4 is 10.1 Å². The number of aromatic nitrogens is 2. The van der Waals surface area contributed by atoms with Crippen molar-refractivity contribution in [3.63, 3.8) is 0 Å². The van der Waals surface area contributed by atoms with Crippen molar-refractivity contribution in [3.05, 3.63) is 75.0 Å². The predicted octanol–water partition coefficient (Wildman–Crippen LogP) is 5.94. The van der Waals surface area contributed by atoms with E-state index in [-0.39, 0.29) is 10.7 Å². The lowest BCUT2D eigenvalue weighted by Gasteiger charge is -2.07. The number of nitrogens with zero attached hydrogens (tertiary/aromatic N) is 2. The summed E-state index contributed by atoms with van der Waals surface area (Å²) in [5, 5.41) is 12.9. The van der Waals surface area contributed by atoms with Gasteiger partial charge >= 0.3 is 0 Å². The quantitative estimate of drug-likeness (QED) is 0.388. The molecule has 0 bridgehead atoms. The van der Waals surface area contributed by atoms with Crippen LogP contribution in [0.15, 0.2) is 42.5 Å². The van der Waals surface area contributed by atoms with E-state index in [1.807, 2.05) is 30.3 Å². The number of fused-ring (bicyclic) bond motifs is 1. The van der Waals surface area contributed by atoms with Crippen LogP contribution in [0.3, 0.4) is 0 Å². The van der Waals surface area contributed by atoms with Crippen molar-refractivity contribution >= 4 is 55.8 Å². The molecule has 2 aromatic heterocycles. The van der Waals surface area contributed by atoms with Gasteiger partial charge in [0.2, 0.25) is 0 Å². The van der Waals surface area contributed by atoms with Crippen molar-refractivity contribution in [2.45, 2.75) is 13.5 Å². The van der Waals surface area contributed by atoms with E-state index < -0.39 is 5.91 Å². The zero-order valence-electron chi connectivity index (χ0n) is 15.6. The van der Waals surface area contributed by atoms with E-state index >= 15 is 0 Å². The number of aromatic amines is 1. The molecule has 0 aliphatic rings. The van der Waals surface area contributed by atoms with Crippen molar-refractivity contribution in [1.82, 2.24) is 9.97 Å². The third-order valence-corrected chi connectivity index (χ3v) is 6.19. The van der Waals surface area contributed by atoms with Gasteiger partial charge in [0.1, 0.15) is 23.6 Å². The number of anilines is 1. The highest BCUT2D eigenvalue weighted by molar-refractivity contribution is 7.22. The van der Waals surface area contributed by atoms with Gasteiger partial charge in [0.05, 0.1) is 26.4 Å². The van der Waals surface area contributed by atoms with Crippen molar-refractivity contribution in [3.8, 4) is 11.8 Å². The standard InChI is InChI=1S/C21H14Cl2N4O2S/c1-11-16(22)17(23)19(25-11)20(28)27-21-26-18-14(7-13(9-24)8-15(18)30-21)29-10-12-5-3-2-4-6-12/h2-8,25H,10H2,1H3,(H,26,27,28). The third kappa shape index (κ3) is 3.98. The van der Waals surface area contributed by atoms with E-state index in [0.29, 0.717) is 39.3 Å². The number of ether oxygens (including phenoxy) is 1. The van der Waals surface area contributed by atoms with Gasteiger partial charge in [-0.25, -0.2) is 4.98 Å².